The molecule has 0 atom stereocenters. The summed E-state index contributed by atoms with van der Waals surface area (Å²) in [7, 11) is 0. The molecule has 0 bridgehead atoms. The number of rotatable bonds is 6. The minimum Gasteiger partial charge on any atom is -0.324 e. The summed E-state index contributed by atoms with van der Waals surface area (Å²) in [5.41, 5.74) is 7.68. The van der Waals surface area contributed by atoms with Gasteiger partial charge in [-0.1, -0.05) is 6.07 Å². The lowest BCUT2D eigenvalue weighted by atomic mass is 9.81. The lowest BCUT2D eigenvalue weighted by Crippen LogP contribution is -2.54. The summed E-state index contributed by atoms with van der Waals surface area (Å²) in [6.07, 6.45) is 8.41. The summed E-state index contributed by atoms with van der Waals surface area (Å²) in [6.45, 7) is 4.48. The zero-order valence-corrected chi connectivity index (χ0v) is 18.2. The maximum atomic E-state index is 12.6. The van der Waals surface area contributed by atoms with E-state index in [2.05, 4.69) is 30.8 Å². The van der Waals surface area contributed by atoms with Crippen LogP contribution in [0.1, 0.15) is 41.5 Å². The molecule has 0 amide bonds. The van der Waals surface area contributed by atoms with Crippen molar-refractivity contribution >= 4 is 23.6 Å². The van der Waals surface area contributed by atoms with Gasteiger partial charge in [0.15, 0.2) is 0 Å². The Balaban J connectivity index is 1.11. The molecule has 4 aliphatic rings. The van der Waals surface area contributed by atoms with E-state index in [0.29, 0.717) is 12.0 Å². The molecule has 1 aromatic carbocycles. The third-order valence-electron chi connectivity index (χ3n) is 7.33. The molecule has 1 spiro atoms. The summed E-state index contributed by atoms with van der Waals surface area (Å²) in [5, 5.41) is 11.9. The Morgan fingerprint density at radius 1 is 1.10 bits per heavy atom. The number of nitrogens with zero attached hydrogens (tertiary/aromatic N) is 4. The first-order valence-corrected chi connectivity index (χ1v) is 12.1. The molecule has 0 saturated carbocycles. The van der Waals surface area contributed by atoms with Crippen molar-refractivity contribution in [2.75, 3.05) is 44.7 Å². The maximum absolute atomic E-state index is 12.6. The highest BCUT2D eigenvalue weighted by Crippen LogP contribution is 2.44. The number of H-pyrrole nitrogens is 1. The van der Waals surface area contributed by atoms with Crippen LogP contribution < -0.4 is 5.32 Å². The third kappa shape index (κ3) is 3.33. The lowest BCUT2D eigenvalue weighted by molar-refractivity contribution is 0.0866. The monoisotopic (exact) mass is 428 g/mol. The third-order valence-corrected chi connectivity index (χ3v) is 8.20. The lowest BCUT2D eigenvalue weighted by Gasteiger charge is -2.46. The van der Waals surface area contributed by atoms with Gasteiger partial charge in [0.1, 0.15) is 6.67 Å². The molecule has 1 aromatic heterocycles. The van der Waals surface area contributed by atoms with E-state index in [1.54, 1.807) is 11.9 Å². The minimum absolute atomic E-state index is 0.241. The van der Waals surface area contributed by atoms with Crippen LogP contribution in [0.5, 0.6) is 0 Å². The molecule has 0 radical (unpaired) electrons. The van der Waals surface area contributed by atoms with Crippen molar-refractivity contribution in [3.63, 3.8) is 0 Å². The van der Waals surface area contributed by atoms with Gasteiger partial charge in [0, 0.05) is 49.2 Å². The van der Waals surface area contributed by atoms with E-state index >= 15 is 0 Å². The van der Waals surface area contributed by atoms with Crippen molar-refractivity contribution in [2.24, 2.45) is 5.41 Å². The molecule has 8 heteroatoms. The molecule has 30 heavy (non-hydrogen) atoms. The van der Waals surface area contributed by atoms with Gasteiger partial charge in [0.25, 0.3) is 0 Å². The van der Waals surface area contributed by atoms with Crippen molar-refractivity contribution in [1.82, 2.24) is 24.4 Å². The molecule has 0 unspecified atom stereocenters. The highest BCUT2D eigenvalue weighted by Gasteiger charge is 2.48. The average Bonchev–Trinajstić information content (AvgIpc) is 3.48. The highest BCUT2D eigenvalue weighted by atomic mass is 32.2. The Morgan fingerprint density at radius 3 is 2.60 bits per heavy atom. The van der Waals surface area contributed by atoms with Crippen LogP contribution in [0, 0.1) is 5.41 Å². The molecule has 2 saturated heterocycles. The zero-order valence-electron chi connectivity index (χ0n) is 17.3. The topological polar surface area (TPSA) is 60.1 Å². The number of halogens is 1. The van der Waals surface area contributed by atoms with Gasteiger partial charge in [-0.15, -0.1) is 5.10 Å². The number of nitrogens with one attached hydrogen (secondary N) is 2. The van der Waals surface area contributed by atoms with Crippen LogP contribution in [0.3, 0.4) is 0 Å². The fourth-order valence-corrected chi connectivity index (χ4v) is 7.03. The van der Waals surface area contributed by atoms with Crippen molar-refractivity contribution < 1.29 is 4.39 Å². The fourth-order valence-electron chi connectivity index (χ4n) is 5.91. The van der Waals surface area contributed by atoms with E-state index in [0.717, 1.165) is 50.1 Å². The first-order chi connectivity index (χ1) is 14.7. The smallest absolute Gasteiger partial charge is 0.225 e. The predicted octanol–water partition coefficient (Wildman–Crippen LogP) is 3.51. The van der Waals surface area contributed by atoms with Gasteiger partial charge in [-0.2, -0.15) is 4.98 Å². The van der Waals surface area contributed by atoms with Crippen LogP contribution >= 0.6 is 11.9 Å². The summed E-state index contributed by atoms with van der Waals surface area (Å²) >= 11 is 1.64. The molecule has 2 aliphatic heterocycles. The Kier molecular flexibility index (Phi) is 4.77. The molecule has 6 rings (SSSR count). The average molecular weight is 429 g/mol. The van der Waals surface area contributed by atoms with Crippen LogP contribution in [-0.4, -0.2) is 63.8 Å². The number of fused-ring (bicyclic) bond motifs is 2. The van der Waals surface area contributed by atoms with E-state index in [-0.39, 0.29) is 6.67 Å². The van der Waals surface area contributed by atoms with Gasteiger partial charge in [-0.3, -0.25) is 0 Å². The predicted molar refractivity (Wildman–Crippen MR) is 117 cm³/mol. The van der Waals surface area contributed by atoms with E-state index in [4.69, 9.17) is 4.98 Å². The highest BCUT2D eigenvalue weighted by molar-refractivity contribution is 7.96. The number of aryl methyl sites for hydroxylation is 2. The normalized spacial score (nSPS) is 22.4. The van der Waals surface area contributed by atoms with Gasteiger partial charge in [-0.25, -0.2) is 13.8 Å². The molecular weight excluding hydrogens is 399 g/mol. The number of aromatic nitrogens is 3. The Bertz CT molecular complexity index is 921. The van der Waals surface area contributed by atoms with Crippen molar-refractivity contribution in [3.8, 4) is 0 Å². The van der Waals surface area contributed by atoms with Gasteiger partial charge in [-0.05, 0) is 73.7 Å². The summed E-state index contributed by atoms with van der Waals surface area (Å²) in [5.74, 6) is 0.747. The number of likely N-dealkylation sites (tertiary alicyclic amines) is 1. The SMILES string of the molecule is FCCN1CCC2(C1)CN(Sc1n[nH]c(Nc3c4c(cc5c3CCC5)CCC4)n1)C2. The van der Waals surface area contributed by atoms with E-state index in [1.165, 1.54) is 60.0 Å². The Hall–Kier alpha value is -1.64. The van der Waals surface area contributed by atoms with E-state index in [9.17, 15) is 4.39 Å². The van der Waals surface area contributed by atoms with Crippen molar-refractivity contribution in [1.29, 1.82) is 0 Å². The first kappa shape index (κ1) is 19.1. The fraction of sp³-hybridized carbons (Fsp3) is 0.636. The number of alkyl halides is 1. The molecule has 160 valence electrons. The minimum atomic E-state index is -0.241. The molecule has 3 heterocycles. The number of anilines is 2. The van der Waals surface area contributed by atoms with Gasteiger partial charge < -0.3 is 10.2 Å². The van der Waals surface area contributed by atoms with E-state index < -0.39 is 0 Å². The summed E-state index contributed by atoms with van der Waals surface area (Å²) in [6, 6.07) is 2.45. The van der Waals surface area contributed by atoms with Crippen LogP contribution in [0.2, 0.25) is 0 Å². The van der Waals surface area contributed by atoms with Gasteiger partial charge >= 0.3 is 0 Å². The molecular formula is C22H29FN6S. The number of hydrogen-bond acceptors (Lipinski definition) is 6. The summed E-state index contributed by atoms with van der Waals surface area (Å²) in [4.78, 5) is 6.98. The number of aromatic amines is 1. The first-order valence-electron chi connectivity index (χ1n) is 11.3. The molecule has 2 N–H and O–H groups in total. The second-order valence-electron chi connectivity index (χ2n) is 9.43. The molecule has 6 nitrogen and oxygen atoms in total. The molecule has 2 aliphatic carbocycles. The van der Waals surface area contributed by atoms with E-state index in [1.807, 2.05) is 0 Å². The summed E-state index contributed by atoms with van der Waals surface area (Å²) < 4.78 is 14.9. The van der Waals surface area contributed by atoms with Crippen LogP contribution in [0.25, 0.3) is 0 Å². The maximum Gasteiger partial charge on any atom is 0.225 e. The van der Waals surface area contributed by atoms with Gasteiger partial charge in [0.2, 0.25) is 11.1 Å². The zero-order chi connectivity index (χ0) is 20.1. The quantitative estimate of drug-likeness (QED) is 0.687. The Morgan fingerprint density at radius 2 is 1.87 bits per heavy atom. The second kappa shape index (κ2) is 7.50. The second-order valence-corrected chi connectivity index (χ2v) is 10.5. The number of benzene rings is 1. The van der Waals surface area contributed by atoms with Crippen LogP contribution in [0.4, 0.5) is 16.0 Å². The van der Waals surface area contributed by atoms with Crippen LogP contribution in [-0.2, 0) is 25.7 Å². The van der Waals surface area contributed by atoms with Crippen molar-refractivity contribution in [3.05, 3.63) is 28.3 Å². The van der Waals surface area contributed by atoms with Crippen molar-refractivity contribution in [2.45, 2.75) is 50.1 Å². The largest absolute Gasteiger partial charge is 0.324 e. The van der Waals surface area contributed by atoms with Crippen LogP contribution in [0.15, 0.2) is 11.2 Å². The standard InChI is InChI=1S/C22H29FN6S/c23-8-10-28-9-7-22(12-28)13-29(14-22)30-21-25-20(26-27-21)24-19-17-5-1-3-15(17)11-16-4-2-6-18(16)19/h11H,1-10,12-14H2,(H2,24,25,26,27). The number of hydrogen-bond donors (Lipinski definition) is 2. The van der Waals surface area contributed by atoms with Gasteiger partial charge in [0.05, 0.1) is 0 Å². The molecule has 2 fully saturated rings. The Labute approximate surface area is 181 Å². The molecule has 2 aromatic rings.